The molecular weight excluding hydrogens is 360 g/mol. The number of thioether (sulfide) groups is 1. The number of allylic oxidation sites excluding steroid dienone is 2. The first-order valence-corrected chi connectivity index (χ1v) is 10.4. The number of hydrogen-bond donors (Lipinski definition) is 1. The molecule has 2 aromatic rings. The van der Waals surface area contributed by atoms with Crippen LogP contribution in [-0.2, 0) is 4.79 Å². The van der Waals surface area contributed by atoms with E-state index in [4.69, 9.17) is 4.74 Å². The maximum absolute atomic E-state index is 12.9. The molecule has 1 aromatic carbocycles. The van der Waals surface area contributed by atoms with Gasteiger partial charge in [-0.15, -0.1) is 5.10 Å². The van der Waals surface area contributed by atoms with E-state index in [-0.39, 0.29) is 11.8 Å². The number of carbonyl (C=O) groups is 1. The number of nitrogens with zero attached hydrogens (tertiary/aromatic N) is 3. The quantitative estimate of drug-likeness (QED) is 0.784. The molecule has 0 radical (unpaired) electrons. The van der Waals surface area contributed by atoms with Crippen molar-refractivity contribution in [1.82, 2.24) is 14.8 Å². The molecule has 1 aliphatic carbocycles. The molecule has 2 atom stereocenters. The van der Waals surface area contributed by atoms with Crippen LogP contribution >= 0.6 is 11.8 Å². The second-order valence-corrected chi connectivity index (χ2v) is 8.19. The normalized spacial score (nSPS) is 21.5. The number of carbonyl (C=O) groups excluding carboxylic acids is 1. The number of ketones is 1. The van der Waals surface area contributed by atoms with E-state index in [1.54, 1.807) is 11.8 Å². The molecule has 7 heteroatoms. The van der Waals surface area contributed by atoms with Gasteiger partial charge in [0.15, 0.2) is 5.78 Å². The van der Waals surface area contributed by atoms with Crippen molar-refractivity contribution in [2.24, 2.45) is 5.92 Å². The number of rotatable bonds is 5. The predicted molar refractivity (Wildman–Crippen MR) is 106 cm³/mol. The standard InChI is InChI=1S/C20H24N4O2S/c1-4-26-14-8-6-13(7-9-14)18-17-15(10-12(3)11-16(17)25)21-19-22-20(27-5-2)23-24(18)19/h6-9,12,18H,4-5,10-11H2,1-3H3,(H,21,22,23)/t12-,18-/m1/s1. The SMILES string of the molecule is CCOc1ccc([C@@H]2C3=C(C[C@@H](C)CC3=O)Nc3nc(SCC)nn32)cc1. The zero-order chi connectivity index (χ0) is 19.0. The summed E-state index contributed by atoms with van der Waals surface area (Å²) in [5, 5.41) is 8.80. The molecule has 0 spiro atoms. The molecule has 0 fully saturated rings. The summed E-state index contributed by atoms with van der Waals surface area (Å²) < 4.78 is 7.43. The molecule has 27 heavy (non-hydrogen) atoms. The topological polar surface area (TPSA) is 69.0 Å². The highest BCUT2D eigenvalue weighted by Crippen LogP contribution is 2.42. The van der Waals surface area contributed by atoms with Crippen molar-refractivity contribution in [1.29, 1.82) is 0 Å². The number of anilines is 1. The van der Waals surface area contributed by atoms with Crippen LogP contribution in [0, 0.1) is 5.92 Å². The van der Waals surface area contributed by atoms with Crippen LogP contribution in [0.2, 0.25) is 0 Å². The average Bonchev–Trinajstić information content (AvgIpc) is 3.03. The number of hydrogen-bond acceptors (Lipinski definition) is 6. The van der Waals surface area contributed by atoms with E-state index < -0.39 is 0 Å². The van der Waals surface area contributed by atoms with Crippen LogP contribution in [0.1, 0.15) is 45.2 Å². The smallest absolute Gasteiger partial charge is 0.227 e. The molecule has 142 valence electrons. The number of nitrogens with one attached hydrogen (secondary N) is 1. The lowest BCUT2D eigenvalue weighted by Gasteiger charge is -2.34. The van der Waals surface area contributed by atoms with E-state index >= 15 is 0 Å². The van der Waals surface area contributed by atoms with Crippen LogP contribution in [0.15, 0.2) is 40.7 Å². The minimum atomic E-state index is -0.245. The Morgan fingerprint density at radius 2 is 2.04 bits per heavy atom. The van der Waals surface area contributed by atoms with E-state index in [9.17, 15) is 4.79 Å². The highest BCUT2D eigenvalue weighted by atomic mass is 32.2. The summed E-state index contributed by atoms with van der Waals surface area (Å²) in [7, 11) is 0. The lowest BCUT2D eigenvalue weighted by Crippen LogP contribution is -2.33. The fourth-order valence-corrected chi connectivity index (χ4v) is 4.35. The molecule has 1 aromatic heterocycles. The summed E-state index contributed by atoms with van der Waals surface area (Å²) in [5.74, 6) is 2.98. The zero-order valence-electron chi connectivity index (χ0n) is 15.9. The minimum Gasteiger partial charge on any atom is -0.494 e. The van der Waals surface area contributed by atoms with E-state index in [1.165, 1.54) is 0 Å². The highest BCUT2D eigenvalue weighted by molar-refractivity contribution is 7.99. The molecule has 1 N–H and O–H groups in total. The van der Waals surface area contributed by atoms with Crippen molar-refractivity contribution < 1.29 is 9.53 Å². The number of aromatic nitrogens is 3. The summed E-state index contributed by atoms with van der Waals surface area (Å²) in [5.41, 5.74) is 2.84. The first-order chi connectivity index (χ1) is 13.1. The van der Waals surface area contributed by atoms with E-state index in [2.05, 4.69) is 29.2 Å². The third-order valence-corrected chi connectivity index (χ3v) is 5.60. The Hall–Kier alpha value is -2.28. The van der Waals surface area contributed by atoms with Gasteiger partial charge in [0.2, 0.25) is 11.1 Å². The van der Waals surface area contributed by atoms with Gasteiger partial charge >= 0.3 is 0 Å². The number of ether oxygens (including phenoxy) is 1. The van der Waals surface area contributed by atoms with Gasteiger partial charge in [-0.1, -0.05) is 37.7 Å². The van der Waals surface area contributed by atoms with Gasteiger partial charge in [0, 0.05) is 17.7 Å². The van der Waals surface area contributed by atoms with Gasteiger partial charge in [0.05, 0.1) is 6.61 Å². The van der Waals surface area contributed by atoms with Gasteiger partial charge in [-0.25, -0.2) is 4.68 Å². The van der Waals surface area contributed by atoms with Crippen molar-refractivity contribution in [2.45, 2.75) is 44.8 Å². The van der Waals surface area contributed by atoms with Crippen molar-refractivity contribution in [2.75, 3.05) is 17.7 Å². The Kier molecular flexibility index (Phi) is 4.95. The third kappa shape index (κ3) is 3.36. The van der Waals surface area contributed by atoms with Gasteiger partial charge in [-0.3, -0.25) is 4.79 Å². The van der Waals surface area contributed by atoms with Crippen molar-refractivity contribution in [3.8, 4) is 5.75 Å². The molecule has 0 saturated heterocycles. The molecular formula is C20H24N4O2S. The molecule has 0 unspecified atom stereocenters. The van der Waals surface area contributed by atoms with Crippen molar-refractivity contribution in [3.63, 3.8) is 0 Å². The summed E-state index contributed by atoms with van der Waals surface area (Å²) in [6, 6.07) is 7.71. The number of benzene rings is 1. The third-order valence-electron chi connectivity index (χ3n) is 4.88. The second-order valence-electron chi connectivity index (χ2n) is 6.95. The maximum atomic E-state index is 12.9. The van der Waals surface area contributed by atoms with Gasteiger partial charge in [-0.05, 0) is 42.7 Å². The lowest BCUT2D eigenvalue weighted by atomic mass is 9.81. The van der Waals surface area contributed by atoms with E-state index in [0.717, 1.165) is 39.9 Å². The minimum absolute atomic E-state index is 0.195. The number of fused-ring (bicyclic) bond motifs is 1. The largest absolute Gasteiger partial charge is 0.494 e. The maximum Gasteiger partial charge on any atom is 0.227 e. The van der Waals surface area contributed by atoms with Crippen LogP contribution in [0.3, 0.4) is 0 Å². The Balaban J connectivity index is 1.81. The van der Waals surface area contributed by atoms with Gasteiger partial charge < -0.3 is 10.1 Å². The van der Waals surface area contributed by atoms with Crippen LogP contribution < -0.4 is 10.1 Å². The van der Waals surface area contributed by atoms with E-state index in [1.807, 2.05) is 35.9 Å². The zero-order valence-corrected chi connectivity index (χ0v) is 16.7. The van der Waals surface area contributed by atoms with Gasteiger partial charge in [-0.2, -0.15) is 4.98 Å². The first-order valence-electron chi connectivity index (χ1n) is 9.46. The van der Waals surface area contributed by atoms with Crippen LogP contribution in [0.25, 0.3) is 0 Å². The average molecular weight is 385 g/mol. The van der Waals surface area contributed by atoms with E-state index in [0.29, 0.717) is 24.9 Å². The summed E-state index contributed by atoms with van der Waals surface area (Å²) >= 11 is 1.60. The lowest BCUT2D eigenvalue weighted by molar-refractivity contribution is -0.117. The highest BCUT2D eigenvalue weighted by Gasteiger charge is 2.38. The Morgan fingerprint density at radius 1 is 1.26 bits per heavy atom. The molecule has 6 nitrogen and oxygen atoms in total. The molecule has 4 rings (SSSR count). The van der Waals surface area contributed by atoms with Gasteiger partial charge in [0.1, 0.15) is 11.8 Å². The predicted octanol–water partition coefficient (Wildman–Crippen LogP) is 4.06. The molecule has 2 aliphatic rings. The van der Waals surface area contributed by atoms with Gasteiger partial charge in [0.25, 0.3) is 0 Å². The monoisotopic (exact) mass is 384 g/mol. The summed E-state index contributed by atoms with van der Waals surface area (Å²) in [6.07, 6.45) is 1.44. The summed E-state index contributed by atoms with van der Waals surface area (Å²) in [6.45, 7) is 6.79. The summed E-state index contributed by atoms with van der Waals surface area (Å²) in [4.78, 5) is 17.6. The first kappa shape index (κ1) is 18.1. The molecule has 0 amide bonds. The molecule has 0 bridgehead atoms. The van der Waals surface area contributed by atoms with Crippen LogP contribution in [0.5, 0.6) is 5.75 Å². The van der Waals surface area contributed by atoms with Crippen LogP contribution in [0.4, 0.5) is 5.95 Å². The molecule has 2 heterocycles. The second kappa shape index (κ2) is 7.38. The van der Waals surface area contributed by atoms with Crippen LogP contribution in [-0.4, -0.2) is 32.9 Å². The Bertz CT molecular complexity index is 888. The molecule has 1 aliphatic heterocycles. The molecule has 0 saturated carbocycles. The Morgan fingerprint density at radius 3 is 2.74 bits per heavy atom. The fraction of sp³-hybridized carbons (Fsp3) is 0.450. The van der Waals surface area contributed by atoms with Crippen molar-refractivity contribution in [3.05, 3.63) is 41.1 Å². The van der Waals surface area contributed by atoms with Crippen molar-refractivity contribution >= 4 is 23.5 Å². The fourth-order valence-electron chi connectivity index (χ4n) is 3.80. The Labute approximate surface area is 163 Å². The number of Topliss-reactive ketones (excluding diaryl/α,β-unsaturated/α-hetero) is 1.